The van der Waals surface area contributed by atoms with Gasteiger partial charge in [0.25, 0.3) is 5.91 Å². The summed E-state index contributed by atoms with van der Waals surface area (Å²) in [5, 5.41) is 21.8. The Morgan fingerprint density at radius 2 is 2.00 bits per heavy atom. The van der Waals surface area contributed by atoms with Crippen LogP contribution in [0.5, 0.6) is 5.75 Å². The number of fused-ring (bicyclic) bond motifs is 2. The summed E-state index contributed by atoms with van der Waals surface area (Å²) in [6, 6.07) is 11.1. The third-order valence-corrected chi connectivity index (χ3v) is 6.28. The van der Waals surface area contributed by atoms with Gasteiger partial charge in [-0.2, -0.15) is 0 Å². The second kappa shape index (κ2) is 7.94. The molecule has 1 saturated carbocycles. The molecule has 2 atom stereocenters. The Hall–Kier alpha value is -3.55. The highest BCUT2D eigenvalue weighted by molar-refractivity contribution is 6.27. The quantitative estimate of drug-likeness (QED) is 0.635. The summed E-state index contributed by atoms with van der Waals surface area (Å²) in [5.74, 6) is -2.16. The second-order valence-corrected chi connectivity index (χ2v) is 7.99. The number of nitrogens with one attached hydrogen (secondary N) is 1. The molecule has 3 N–H and O–H groups in total. The van der Waals surface area contributed by atoms with E-state index in [1.54, 1.807) is 30.0 Å². The molecular weight excluding hydrogens is 400 g/mol. The van der Waals surface area contributed by atoms with Gasteiger partial charge in [0.1, 0.15) is 23.4 Å². The number of carbonyl (C=O) groups excluding carboxylic acids is 2. The van der Waals surface area contributed by atoms with E-state index in [-0.39, 0.29) is 11.5 Å². The van der Waals surface area contributed by atoms with E-state index in [0.717, 1.165) is 24.2 Å². The number of aliphatic carboxylic acids is 1. The van der Waals surface area contributed by atoms with Crippen LogP contribution in [-0.2, 0) is 19.9 Å². The first-order valence-corrected chi connectivity index (χ1v) is 10.2. The molecule has 1 fully saturated rings. The zero-order valence-electron chi connectivity index (χ0n) is 17.1. The first-order chi connectivity index (χ1) is 14.9. The largest absolute Gasteiger partial charge is 0.505 e. The molecule has 0 radical (unpaired) electrons. The second-order valence-electron chi connectivity index (χ2n) is 7.99. The number of aliphatic hydroxyl groups excluding tert-OH is 1. The minimum Gasteiger partial charge on any atom is -0.505 e. The van der Waals surface area contributed by atoms with Crippen LogP contribution in [0, 0.1) is 0 Å². The molecule has 2 unspecified atom stereocenters. The van der Waals surface area contributed by atoms with Crippen molar-refractivity contribution in [3.8, 4) is 5.75 Å². The van der Waals surface area contributed by atoms with E-state index in [9.17, 15) is 19.5 Å². The fraction of sp³-hybridized carbons (Fsp3) is 0.348. The average molecular weight is 424 g/mol. The van der Waals surface area contributed by atoms with Crippen molar-refractivity contribution in [3.05, 3.63) is 59.4 Å². The van der Waals surface area contributed by atoms with Crippen molar-refractivity contribution in [3.63, 3.8) is 0 Å². The van der Waals surface area contributed by atoms with Crippen LogP contribution in [0.3, 0.4) is 0 Å². The highest BCUT2D eigenvalue weighted by Crippen LogP contribution is 2.48. The van der Waals surface area contributed by atoms with E-state index in [0.29, 0.717) is 18.5 Å². The molecule has 2 heterocycles. The monoisotopic (exact) mass is 424 g/mol. The van der Waals surface area contributed by atoms with Crippen LogP contribution in [0.25, 0.3) is 5.76 Å². The van der Waals surface area contributed by atoms with Gasteiger partial charge in [0.2, 0.25) is 0 Å². The normalized spacial score (nSPS) is 22.9. The van der Waals surface area contributed by atoms with E-state index in [1.165, 1.54) is 0 Å². The fourth-order valence-corrected chi connectivity index (χ4v) is 4.82. The fourth-order valence-electron chi connectivity index (χ4n) is 4.82. The Kier molecular flexibility index (Phi) is 5.31. The standard InChI is InChI=1S/C23H24N2O6/c1-31-16-8-6-14(7-9-16)15-4-2-10-23(12-15)21(29)19(22(30)24-13-18(26)27)20(28)17-5-3-11-25(17)23/h3,5-9,11,15,28H,2,4,10,12-13H2,1H3,(H,24,30)(H,26,27). The molecular formula is C23H24N2O6. The number of aliphatic hydroxyl groups is 1. The molecule has 31 heavy (non-hydrogen) atoms. The van der Waals surface area contributed by atoms with Gasteiger partial charge in [0.05, 0.1) is 12.8 Å². The maximum atomic E-state index is 13.7. The topological polar surface area (TPSA) is 118 Å². The number of carboxylic acids is 1. The summed E-state index contributed by atoms with van der Waals surface area (Å²) in [6.07, 6.45) is 4.43. The van der Waals surface area contributed by atoms with E-state index < -0.39 is 35.5 Å². The molecule has 1 aromatic carbocycles. The minimum atomic E-state index is -1.23. The Morgan fingerprint density at radius 1 is 1.26 bits per heavy atom. The number of ketones is 1. The molecule has 4 rings (SSSR count). The third-order valence-electron chi connectivity index (χ3n) is 6.28. The number of hydrogen-bond donors (Lipinski definition) is 3. The van der Waals surface area contributed by atoms with Crippen molar-refractivity contribution in [2.75, 3.05) is 13.7 Å². The van der Waals surface area contributed by atoms with Crippen molar-refractivity contribution in [2.45, 2.75) is 37.1 Å². The number of hydrogen-bond acceptors (Lipinski definition) is 5. The van der Waals surface area contributed by atoms with Gasteiger partial charge in [0, 0.05) is 6.20 Å². The zero-order valence-corrected chi connectivity index (χ0v) is 17.1. The van der Waals surface area contributed by atoms with Crippen LogP contribution in [0.4, 0.5) is 0 Å². The van der Waals surface area contributed by atoms with Gasteiger partial charge in [-0.25, -0.2) is 0 Å². The summed E-state index contributed by atoms with van der Waals surface area (Å²) in [5.41, 5.74) is 0.0828. The number of ether oxygens (including phenoxy) is 1. The van der Waals surface area contributed by atoms with Crippen LogP contribution in [0.1, 0.15) is 42.9 Å². The number of methoxy groups -OCH3 is 1. The number of carboxylic acid groups (broad SMARTS) is 1. The maximum Gasteiger partial charge on any atom is 0.322 e. The number of aromatic nitrogens is 1. The summed E-state index contributed by atoms with van der Waals surface area (Å²) < 4.78 is 7.01. The molecule has 2 aliphatic rings. The number of carbonyl (C=O) groups is 3. The van der Waals surface area contributed by atoms with Crippen LogP contribution >= 0.6 is 0 Å². The highest BCUT2D eigenvalue weighted by atomic mass is 16.5. The Balaban J connectivity index is 1.72. The molecule has 2 aromatic rings. The van der Waals surface area contributed by atoms with Gasteiger partial charge in [0.15, 0.2) is 11.5 Å². The van der Waals surface area contributed by atoms with Crippen molar-refractivity contribution in [1.82, 2.24) is 9.88 Å². The SMILES string of the molecule is COc1ccc(C2CCCC3(C2)C(=O)C(C(=O)NCC(=O)O)=C(O)c2cccn23)cc1. The lowest BCUT2D eigenvalue weighted by molar-refractivity contribution is -0.138. The number of benzene rings is 1. The number of rotatable bonds is 5. The molecule has 1 amide bonds. The minimum absolute atomic E-state index is 0.0856. The van der Waals surface area contributed by atoms with Gasteiger partial charge < -0.3 is 24.8 Å². The lowest BCUT2D eigenvalue weighted by Gasteiger charge is -2.44. The number of nitrogens with zero attached hydrogens (tertiary/aromatic N) is 1. The lowest BCUT2D eigenvalue weighted by atomic mass is 9.68. The number of amides is 1. The zero-order chi connectivity index (χ0) is 22.2. The lowest BCUT2D eigenvalue weighted by Crippen LogP contribution is -2.51. The van der Waals surface area contributed by atoms with Gasteiger partial charge >= 0.3 is 5.97 Å². The smallest absolute Gasteiger partial charge is 0.322 e. The molecule has 1 aliphatic heterocycles. The Bertz CT molecular complexity index is 1070. The maximum absolute atomic E-state index is 13.7. The molecule has 8 nitrogen and oxygen atoms in total. The van der Waals surface area contributed by atoms with Crippen molar-refractivity contribution < 1.29 is 29.3 Å². The van der Waals surface area contributed by atoms with Gasteiger partial charge in [-0.3, -0.25) is 14.4 Å². The molecule has 162 valence electrons. The number of Topliss-reactive ketones (excluding diaryl/α,β-unsaturated/α-hetero) is 1. The Morgan fingerprint density at radius 3 is 2.68 bits per heavy atom. The predicted octanol–water partition coefficient (Wildman–Crippen LogP) is 2.60. The van der Waals surface area contributed by atoms with Crippen LogP contribution in [0.15, 0.2) is 48.2 Å². The highest BCUT2D eigenvalue weighted by Gasteiger charge is 2.51. The third kappa shape index (κ3) is 3.48. The van der Waals surface area contributed by atoms with Crippen LogP contribution in [-0.4, -0.2) is 46.1 Å². The van der Waals surface area contributed by atoms with Crippen molar-refractivity contribution in [2.24, 2.45) is 0 Å². The van der Waals surface area contributed by atoms with Crippen molar-refractivity contribution >= 4 is 23.4 Å². The van der Waals surface area contributed by atoms with Gasteiger partial charge in [-0.1, -0.05) is 18.6 Å². The molecule has 1 aliphatic carbocycles. The van der Waals surface area contributed by atoms with E-state index >= 15 is 0 Å². The van der Waals surface area contributed by atoms with Crippen molar-refractivity contribution in [1.29, 1.82) is 0 Å². The molecule has 1 aromatic heterocycles. The van der Waals surface area contributed by atoms with E-state index in [2.05, 4.69) is 5.32 Å². The van der Waals surface area contributed by atoms with E-state index in [1.807, 2.05) is 24.3 Å². The molecule has 0 bridgehead atoms. The first kappa shape index (κ1) is 20.7. The van der Waals surface area contributed by atoms with Crippen LogP contribution in [0.2, 0.25) is 0 Å². The van der Waals surface area contributed by atoms with E-state index in [4.69, 9.17) is 9.84 Å². The predicted molar refractivity (Wildman–Crippen MR) is 112 cm³/mol. The summed E-state index contributed by atoms with van der Waals surface area (Å²) >= 11 is 0. The molecule has 8 heteroatoms. The first-order valence-electron chi connectivity index (χ1n) is 10.2. The summed E-state index contributed by atoms with van der Waals surface area (Å²) in [6.45, 7) is -0.634. The average Bonchev–Trinajstić information content (AvgIpc) is 3.28. The molecule has 1 spiro atoms. The van der Waals surface area contributed by atoms with Crippen LogP contribution < -0.4 is 10.1 Å². The van der Waals surface area contributed by atoms with Gasteiger partial charge in [-0.15, -0.1) is 0 Å². The molecule has 0 saturated heterocycles. The summed E-state index contributed by atoms with van der Waals surface area (Å²) in [4.78, 5) is 37.2. The summed E-state index contributed by atoms with van der Waals surface area (Å²) in [7, 11) is 1.61. The Labute approximate surface area is 179 Å². The van der Waals surface area contributed by atoms with Gasteiger partial charge in [-0.05, 0) is 55.0 Å².